The molecule has 0 spiro atoms. The van der Waals surface area contributed by atoms with Crippen LogP contribution in [0.25, 0.3) is 10.4 Å². The highest BCUT2D eigenvalue weighted by Crippen LogP contribution is 2.20. The summed E-state index contributed by atoms with van der Waals surface area (Å²) in [7, 11) is 3.01. The van der Waals surface area contributed by atoms with Gasteiger partial charge in [-0.1, -0.05) is 17.2 Å². The van der Waals surface area contributed by atoms with Crippen molar-refractivity contribution in [3.63, 3.8) is 0 Å². The molecule has 2 rings (SSSR count). The minimum Gasteiger partial charge on any atom is -0.497 e. The molecular weight excluding hydrogens is 412 g/mol. The van der Waals surface area contributed by atoms with E-state index < -0.39 is 29.9 Å². The molecule has 0 fully saturated rings. The van der Waals surface area contributed by atoms with Crippen molar-refractivity contribution >= 4 is 0 Å². The normalized spacial score (nSPS) is 13.7. The number of azide groups is 1. The Labute approximate surface area is 178 Å². The summed E-state index contributed by atoms with van der Waals surface area (Å²) >= 11 is 0. The van der Waals surface area contributed by atoms with Crippen molar-refractivity contribution in [1.82, 2.24) is 0 Å². The van der Waals surface area contributed by atoms with E-state index in [2.05, 4.69) is 10.0 Å². The Morgan fingerprint density at radius 2 is 1.74 bits per heavy atom. The molecule has 8 nitrogen and oxygen atoms in total. The molecule has 0 saturated heterocycles. The Morgan fingerprint density at radius 1 is 1.06 bits per heavy atom. The summed E-state index contributed by atoms with van der Waals surface area (Å²) in [5, 5.41) is 13.2. The van der Waals surface area contributed by atoms with Gasteiger partial charge in [0.25, 0.3) is 0 Å². The quantitative estimate of drug-likeness (QED) is 0.289. The number of ether oxygens (including phenoxy) is 4. The Morgan fingerprint density at radius 3 is 2.29 bits per heavy atom. The molecule has 0 radical (unpaired) electrons. The van der Waals surface area contributed by atoms with Gasteiger partial charge >= 0.3 is 0 Å². The molecule has 0 saturated carbocycles. The van der Waals surface area contributed by atoms with Crippen molar-refractivity contribution in [3.05, 3.63) is 70.1 Å². The summed E-state index contributed by atoms with van der Waals surface area (Å²) < 4.78 is 48.6. The average Bonchev–Trinajstić information content (AvgIpc) is 2.77. The number of hydrogen-bond acceptors (Lipinski definition) is 6. The first-order chi connectivity index (χ1) is 15.0. The summed E-state index contributed by atoms with van der Waals surface area (Å²) in [4.78, 5) is 2.84. The van der Waals surface area contributed by atoms with Crippen LogP contribution in [0.2, 0.25) is 0 Å². The maximum Gasteiger partial charge on any atom is 0.129 e. The molecule has 31 heavy (non-hydrogen) atoms. The maximum atomic E-state index is 13.4. The topological polar surface area (TPSA) is 106 Å². The first-order valence-electron chi connectivity index (χ1n) is 9.50. The number of rotatable bonds is 13. The second-order valence-electron chi connectivity index (χ2n) is 6.66. The number of benzene rings is 2. The molecule has 2 aromatic rings. The molecule has 3 atom stereocenters. The van der Waals surface area contributed by atoms with Crippen molar-refractivity contribution in [2.75, 3.05) is 27.4 Å². The van der Waals surface area contributed by atoms with Crippen LogP contribution in [0.3, 0.4) is 0 Å². The standard InChI is InChI=1S/C21H25F2N3O5/c1-28-17-5-3-14(4-6-17)12-31-21(10-19(11-27)29-2)20(25-26-24)13-30-18-8-15(22)7-16(23)9-18/h3-9,19-21,27H,10-13H2,1-2H3/t19-,20+,21+/m1/s1. The van der Waals surface area contributed by atoms with E-state index >= 15 is 0 Å². The predicted molar refractivity (Wildman–Crippen MR) is 109 cm³/mol. The third-order valence-electron chi connectivity index (χ3n) is 4.54. The summed E-state index contributed by atoms with van der Waals surface area (Å²) in [6.45, 7) is -0.275. The molecule has 0 aliphatic heterocycles. The molecular formula is C21H25F2N3O5. The second-order valence-corrected chi connectivity index (χ2v) is 6.66. The van der Waals surface area contributed by atoms with Crippen molar-refractivity contribution in [2.45, 2.75) is 31.3 Å². The van der Waals surface area contributed by atoms with E-state index in [-0.39, 0.29) is 32.0 Å². The number of hydrogen-bond donors (Lipinski definition) is 1. The van der Waals surface area contributed by atoms with Crippen LogP contribution in [0, 0.1) is 11.6 Å². The molecule has 0 unspecified atom stereocenters. The fraction of sp³-hybridized carbons (Fsp3) is 0.429. The van der Waals surface area contributed by atoms with Gasteiger partial charge in [0.1, 0.15) is 23.1 Å². The lowest BCUT2D eigenvalue weighted by Gasteiger charge is -2.27. The van der Waals surface area contributed by atoms with Gasteiger partial charge in [-0.25, -0.2) is 8.78 Å². The van der Waals surface area contributed by atoms with Crippen molar-refractivity contribution in [2.24, 2.45) is 5.11 Å². The first-order valence-corrected chi connectivity index (χ1v) is 9.50. The predicted octanol–water partition coefficient (Wildman–Crippen LogP) is 4.01. The van der Waals surface area contributed by atoms with Crippen LogP contribution in [0.5, 0.6) is 11.5 Å². The minimum atomic E-state index is -0.848. The third-order valence-corrected chi connectivity index (χ3v) is 4.54. The van der Waals surface area contributed by atoms with Crippen LogP contribution >= 0.6 is 0 Å². The number of aliphatic hydroxyl groups is 1. The molecule has 0 aliphatic rings. The number of methoxy groups -OCH3 is 2. The van der Waals surface area contributed by atoms with Crippen molar-refractivity contribution in [3.8, 4) is 11.5 Å². The largest absolute Gasteiger partial charge is 0.497 e. The van der Waals surface area contributed by atoms with Gasteiger partial charge in [-0.05, 0) is 23.2 Å². The molecule has 10 heteroatoms. The zero-order valence-electron chi connectivity index (χ0n) is 17.3. The monoisotopic (exact) mass is 437 g/mol. The van der Waals surface area contributed by atoms with E-state index in [1.54, 1.807) is 19.2 Å². The van der Waals surface area contributed by atoms with Gasteiger partial charge in [-0.2, -0.15) is 0 Å². The average molecular weight is 437 g/mol. The highest BCUT2D eigenvalue weighted by Gasteiger charge is 2.26. The van der Waals surface area contributed by atoms with E-state index in [1.807, 2.05) is 12.1 Å². The Kier molecular flexibility index (Phi) is 9.99. The van der Waals surface area contributed by atoms with E-state index in [1.165, 1.54) is 7.11 Å². The molecule has 0 bridgehead atoms. The van der Waals surface area contributed by atoms with E-state index in [9.17, 15) is 13.9 Å². The smallest absolute Gasteiger partial charge is 0.129 e. The van der Waals surface area contributed by atoms with Gasteiger partial charge in [-0.3, -0.25) is 0 Å². The lowest BCUT2D eigenvalue weighted by Crippen LogP contribution is -2.37. The van der Waals surface area contributed by atoms with E-state index in [0.717, 1.165) is 23.8 Å². The molecule has 1 N–H and O–H groups in total. The van der Waals surface area contributed by atoms with Crippen LogP contribution < -0.4 is 9.47 Å². The van der Waals surface area contributed by atoms with Crippen molar-refractivity contribution < 1.29 is 32.8 Å². The number of nitrogens with zero attached hydrogens (tertiary/aromatic N) is 3. The van der Waals surface area contributed by atoms with Crippen molar-refractivity contribution in [1.29, 1.82) is 0 Å². The van der Waals surface area contributed by atoms with Gasteiger partial charge in [0.15, 0.2) is 0 Å². The summed E-state index contributed by atoms with van der Waals surface area (Å²) in [5.41, 5.74) is 9.84. The lowest BCUT2D eigenvalue weighted by atomic mass is 10.1. The summed E-state index contributed by atoms with van der Waals surface area (Å²) in [6.07, 6.45) is -1.06. The number of halogens is 2. The minimum absolute atomic E-state index is 0.0463. The fourth-order valence-electron chi connectivity index (χ4n) is 2.84. The Balaban J connectivity index is 2.14. The summed E-state index contributed by atoms with van der Waals surface area (Å²) in [5.74, 6) is -0.928. The van der Waals surface area contributed by atoms with Crippen LogP contribution in [0.1, 0.15) is 12.0 Å². The fourth-order valence-corrected chi connectivity index (χ4v) is 2.84. The highest BCUT2D eigenvalue weighted by atomic mass is 19.1. The number of aliphatic hydroxyl groups excluding tert-OH is 1. The van der Waals surface area contributed by atoms with Gasteiger partial charge in [0.2, 0.25) is 0 Å². The van der Waals surface area contributed by atoms with Crippen LogP contribution in [-0.4, -0.2) is 50.8 Å². The van der Waals surface area contributed by atoms with Gasteiger partial charge in [0, 0.05) is 36.6 Å². The molecule has 0 heterocycles. The molecule has 0 amide bonds. The summed E-state index contributed by atoms with van der Waals surface area (Å²) in [6, 6.07) is 9.14. The van der Waals surface area contributed by atoms with Gasteiger partial charge < -0.3 is 24.1 Å². The molecule has 0 aromatic heterocycles. The SMILES string of the molecule is COc1ccc(CO[C@@H](C[C@H](CO)OC)[C@H](COc2cc(F)cc(F)c2)N=[N+]=[N-])cc1. The van der Waals surface area contributed by atoms with Gasteiger partial charge in [0.05, 0.1) is 45.2 Å². The zero-order valence-corrected chi connectivity index (χ0v) is 17.3. The molecule has 2 aromatic carbocycles. The Hall–Kier alpha value is -2.91. The highest BCUT2D eigenvalue weighted by molar-refractivity contribution is 5.26. The Bertz CT molecular complexity index is 838. The van der Waals surface area contributed by atoms with Crippen LogP contribution in [0.4, 0.5) is 8.78 Å². The third kappa shape index (κ3) is 8.03. The molecule has 168 valence electrons. The lowest BCUT2D eigenvalue weighted by molar-refractivity contribution is -0.0408. The zero-order chi connectivity index (χ0) is 22.6. The van der Waals surface area contributed by atoms with E-state index in [4.69, 9.17) is 24.5 Å². The van der Waals surface area contributed by atoms with E-state index in [0.29, 0.717) is 5.75 Å². The first kappa shape index (κ1) is 24.4. The maximum absolute atomic E-state index is 13.4. The van der Waals surface area contributed by atoms with Crippen LogP contribution in [-0.2, 0) is 16.1 Å². The van der Waals surface area contributed by atoms with Crippen LogP contribution in [0.15, 0.2) is 47.6 Å². The van der Waals surface area contributed by atoms with Gasteiger partial charge in [-0.15, -0.1) is 0 Å². The molecule has 0 aliphatic carbocycles. The second kappa shape index (κ2) is 12.7.